The van der Waals surface area contributed by atoms with Crippen molar-refractivity contribution in [3.05, 3.63) is 95.7 Å². The number of rotatable bonds is 8. The Labute approximate surface area is 205 Å². The second-order valence-electron chi connectivity index (χ2n) is 7.72. The molecule has 3 aromatic carbocycles. The van der Waals surface area contributed by atoms with Crippen LogP contribution in [0.1, 0.15) is 17.2 Å². The highest BCUT2D eigenvalue weighted by Crippen LogP contribution is 2.39. The predicted octanol–water partition coefficient (Wildman–Crippen LogP) is 6.99. The number of benzene rings is 3. The molecule has 1 N–H and O–H groups in total. The molecule has 1 amide bonds. The van der Waals surface area contributed by atoms with Crippen LogP contribution in [-0.2, 0) is 11.0 Å². The van der Waals surface area contributed by atoms with Crippen molar-refractivity contribution in [2.75, 3.05) is 10.2 Å². The molecule has 37 heavy (non-hydrogen) atoms. The Balaban J connectivity index is 1.68. The van der Waals surface area contributed by atoms with Crippen LogP contribution in [0.3, 0.4) is 0 Å². The lowest BCUT2D eigenvalue weighted by atomic mass is 10.0. The van der Waals surface area contributed by atoms with Crippen molar-refractivity contribution < 1.29 is 45.0 Å². The molecule has 1 aliphatic heterocycles. The molecule has 4 rings (SSSR count). The van der Waals surface area contributed by atoms with Gasteiger partial charge in [-0.25, -0.2) is 0 Å². The average molecular weight is 526 g/mol. The third-order valence-electron chi connectivity index (χ3n) is 5.31. The van der Waals surface area contributed by atoms with Gasteiger partial charge in [-0.1, -0.05) is 12.1 Å². The maximum absolute atomic E-state index is 13.3. The number of anilines is 2. The lowest BCUT2D eigenvalue weighted by Crippen LogP contribution is -2.30. The summed E-state index contributed by atoms with van der Waals surface area (Å²) in [6, 6.07) is 13.8. The Morgan fingerprint density at radius 2 is 1.38 bits per heavy atom. The Hall–Kier alpha value is -4.22. The number of carbonyl (C=O) groups excluding carboxylic acids is 1. The van der Waals surface area contributed by atoms with Crippen molar-refractivity contribution in [3.8, 4) is 11.5 Å². The Morgan fingerprint density at radius 3 is 1.92 bits per heavy atom. The molecule has 0 bridgehead atoms. The highest BCUT2D eigenvalue weighted by molar-refractivity contribution is 6.11. The first kappa shape index (κ1) is 25.9. The highest BCUT2D eigenvalue weighted by Gasteiger charge is 2.37. The minimum Gasteiger partial charge on any atom is -0.435 e. The molecular formula is C25H17F7N2O3. The number of carbonyl (C=O) groups is 1. The smallest absolute Gasteiger partial charge is 0.416 e. The highest BCUT2D eigenvalue weighted by atomic mass is 19.4. The Morgan fingerprint density at radius 1 is 0.811 bits per heavy atom. The van der Waals surface area contributed by atoms with Crippen LogP contribution in [0.5, 0.6) is 11.5 Å². The molecule has 0 spiro atoms. The topological polar surface area (TPSA) is 50.8 Å². The molecule has 194 valence electrons. The second-order valence-corrected chi connectivity index (χ2v) is 7.72. The lowest BCUT2D eigenvalue weighted by Gasteiger charge is -2.26. The summed E-state index contributed by atoms with van der Waals surface area (Å²) in [5.41, 5.74) is -0.233. The van der Waals surface area contributed by atoms with E-state index in [1.807, 2.05) is 0 Å². The minimum atomic E-state index is -4.62. The summed E-state index contributed by atoms with van der Waals surface area (Å²) in [5, 5.41) is 2.83. The number of nitrogens with zero attached hydrogens (tertiary/aromatic N) is 1. The first-order valence-electron chi connectivity index (χ1n) is 10.6. The number of amides is 1. The van der Waals surface area contributed by atoms with Gasteiger partial charge in [-0.3, -0.25) is 9.69 Å². The Bertz CT molecular complexity index is 1280. The van der Waals surface area contributed by atoms with Gasteiger partial charge in [-0.2, -0.15) is 30.7 Å². The number of hydrogen-bond donors (Lipinski definition) is 1. The summed E-state index contributed by atoms with van der Waals surface area (Å²) in [4.78, 5) is 14.5. The van der Waals surface area contributed by atoms with Gasteiger partial charge in [0.15, 0.2) is 0 Å². The van der Waals surface area contributed by atoms with Crippen molar-refractivity contribution in [1.29, 1.82) is 0 Å². The van der Waals surface area contributed by atoms with Crippen molar-refractivity contribution >= 4 is 17.3 Å². The molecule has 12 heteroatoms. The zero-order valence-corrected chi connectivity index (χ0v) is 18.6. The zero-order chi connectivity index (χ0) is 26.7. The first-order chi connectivity index (χ1) is 17.5. The standard InChI is InChI=1S/C25H17F7N2O3/c26-23(27)36-18-8-4-16(5-9-18)33-20-13-21(14-2-1-3-15(12-14)25(30,31)32)34(22(20)35)17-6-10-19(11-7-17)37-24(28)29/h1-13,21,23-24,33H. The first-order valence-corrected chi connectivity index (χ1v) is 10.6. The van der Waals surface area contributed by atoms with Crippen LogP contribution in [0.2, 0.25) is 0 Å². The van der Waals surface area contributed by atoms with Crippen LogP contribution in [0, 0.1) is 0 Å². The number of alkyl halides is 7. The van der Waals surface area contributed by atoms with E-state index in [4.69, 9.17) is 0 Å². The molecule has 5 nitrogen and oxygen atoms in total. The largest absolute Gasteiger partial charge is 0.435 e. The Kier molecular flexibility index (Phi) is 7.28. The summed E-state index contributed by atoms with van der Waals surface area (Å²) in [5.74, 6) is -0.905. The van der Waals surface area contributed by atoms with E-state index < -0.39 is 36.9 Å². The van der Waals surface area contributed by atoms with Gasteiger partial charge in [0, 0.05) is 11.4 Å². The fourth-order valence-corrected chi connectivity index (χ4v) is 3.74. The minimum absolute atomic E-state index is 0.00199. The van der Waals surface area contributed by atoms with E-state index in [-0.39, 0.29) is 28.4 Å². The van der Waals surface area contributed by atoms with Crippen molar-refractivity contribution in [3.63, 3.8) is 0 Å². The lowest BCUT2D eigenvalue weighted by molar-refractivity contribution is -0.137. The number of halogens is 7. The average Bonchev–Trinajstić information content (AvgIpc) is 3.15. The van der Waals surface area contributed by atoms with Gasteiger partial charge in [0.1, 0.15) is 17.2 Å². The molecule has 0 fully saturated rings. The van der Waals surface area contributed by atoms with E-state index in [0.29, 0.717) is 5.69 Å². The molecule has 1 heterocycles. The fraction of sp³-hybridized carbons (Fsp3) is 0.160. The summed E-state index contributed by atoms with van der Waals surface area (Å²) in [6.45, 7) is -6.08. The fourth-order valence-electron chi connectivity index (χ4n) is 3.74. The molecule has 0 saturated heterocycles. The molecule has 1 aliphatic rings. The monoisotopic (exact) mass is 526 g/mol. The van der Waals surface area contributed by atoms with Crippen LogP contribution >= 0.6 is 0 Å². The van der Waals surface area contributed by atoms with Gasteiger partial charge in [0.25, 0.3) is 5.91 Å². The van der Waals surface area contributed by atoms with Crippen LogP contribution in [0.15, 0.2) is 84.6 Å². The maximum atomic E-state index is 13.3. The molecule has 0 aliphatic carbocycles. The quantitative estimate of drug-likeness (QED) is 0.322. The summed E-state index contributed by atoms with van der Waals surface area (Å²) in [6.07, 6.45) is -3.21. The van der Waals surface area contributed by atoms with Crippen molar-refractivity contribution in [2.45, 2.75) is 25.4 Å². The summed E-state index contributed by atoms with van der Waals surface area (Å²) in [7, 11) is 0. The van der Waals surface area contributed by atoms with Gasteiger partial charge in [0.05, 0.1) is 11.6 Å². The van der Waals surface area contributed by atoms with Gasteiger partial charge in [0.2, 0.25) is 0 Å². The van der Waals surface area contributed by atoms with Crippen molar-refractivity contribution in [1.82, 2.24) is 0 Å². The van der Waals surface area contributed by atoms with E-state index in [9.17, 15) is 35.5 Å². The molecule has 0 aromatic heterocycles. The molecule has 3 aromatic rings. The van der Waals surface area contributed by atoms with Gasteiger partial charge in [-0.05, 0) is 72.3 Å². The predicted molar refractivity (Wildman–Crippen MR) is 120 cm³/mol. The molecule has 1 atom stereocenters. The molecule has 0 saturated carbocycles. The van der Waals surface area contributed by atoms with Crippen molar-refractivity contribution in [2.24, 2.45) is 0 Å². The number of hydrogen-bond acceptors (Lipinski definition) is 4. The normalized spacial score (nSPS) is 15.8. The van der Waals surface area contributed by atoms with E-state index >= 15 is 0 Å². The maximum Gasteiger partial charge on any atom is 0.416 e. The van der Waals surface area contributed by atoms with Gasteiger partial charge in [-0.15, -0.1) is 0 Å². The zero-order valence-electron chi connectivity index (χ0n) is 18.6. The summed E-state index contributed by atoms with van der Waals surface area (Å²) < 4.78 is 98.4. The number of nitrogens with one attached hydrogen (secondary N) is 1. The van der Waals surface area contributed by atoms with E-state index in [0.717, 1.165) is 12.1 Å². The summed E-state index contributed by atoms with van der Waals surface area (Å²) >= 11 is 0. The van der Waals surface area contributed by atoms with Gasteiger partial charge >= 0.3 is 19.4 Å². The van der Waals surface area contributed by atoms with Crippen LogP contribution in [-0.4, -0.2) is 19.1 Å². The molecular weight excluding hydrogens is 509 g/mol. The molecule has 1 unspecified atom stereocenters. The number of ether oxygens (including phenoxy) is 2. The van der Waals surface area contributed by atoms with E-state index in [1.165, 1.54) is 71.6 Å². The van der Waals surface area contributed by atoms with Crippen LogP contribution in [0.25, 0.3) is 0 Å². The third-order valence-corrected chi connectivity index (χ3v) is 5.31. The van der Waals surface area contributed by atoms with Gasteiger partial charge < -0.3 is 14.8 Å². The van der Waals surface area contributed by atoms with E-state index in [1.54, 1.807) is 0 Å². The third kappa shape index (κ3) is 6.13. The van der Waals surface area contributed by atoms with Crippen LogP contribution in [0.4, 0.5) is 42.1 Å². The molecule has 0 radical (unpaired) electrons. The second kappa shape index (κ2) is 10.4. The van der Waals surface area contributed by atoms with E-state index in [2.05, 4.69) is 14.8 Å². The SMILES string of the molecule is O=C1C(Nc2ccc(OC(F)F)cc2)=CC(c2cccc(C(F)(F)F)c2)N1c1ccc(OC(F)F)cc1. The van der Waals surface area contributed by atoms with Crippen LogP contribution < -0.4 is 19.7 Å².